The van der Waals surface area contributed by atoms with Crippen LogP contribution in [-0.4, -0.2) is 41.4 Å². The second kappa shape index (κ2) is 5.95. The van der Waals surface area contributed by atoms with Crippen LogP contribution < -0.4 is 5.32 Å². The van der Waals surface area contributed by atoms with Gasteiger partial charge in [-0.05, 0) is 6.92 Å². The molecule has 1 atom stereocenters. The summed E-state index contributed by atoms with van der Waals surface area (Å²) in [5, 5.41) is 14.1. The van der Waals surface area contributed by atoms with Crippen LogP contribution >= 0.6 is 23.2 Å². The maximum Gasteiger partial charge on any atom is 0.271 e. The highest BCUT2D eigenvalue weighted by molar-refractivity contribution is 6.44. The van der Waals surface area contributed by atoms with Crippen molar-refractivity contribution < 1.29 is 9.72 Å². The van der Waals surface area contributed by atoms with Crippen molar-refractivity contribution in [1.82, 2.24) is 10.2 Å². The van der Waals surface area contributed by atoms with Gasteiger partial charge in [-0.3, -0.25) is 14.9 Å². The van der Waals surface area contributed by atoms with Gasteiger partial charge in [0.1, 0.15) is 0 Å². The van der Waals surface area contributed by atoms with Crippen molar-refractivity contribution in [2.24, 2.45) is 0 Å². The van der Waals surface area contributed by atoms with Crippen molar-refractivity contribution in [1.29, 1.82) is 0 Å². The Hall–Kier alpha value is -1.37. The van der Waals surface area contributed by atoms with Gasteiger partial charge in [0.05, 0.1) is 20.5 Å². The average Bonchev–Trinajstić information content (AvgIpc) is 2.40. The fourth-order valence-corrected chi connectivity index (χ4v) is 2.53. The van der Waals surface area contributed by atoms with E-state index in [1.807, 2.05) is 6.92 Å². The highest BCUT2D eigenvalue weighted by Gasteiger charge is 2.26. The lowest BCUT2D eigenvalue weighted by Crippen LogP contribution is -2.51. The van der Waals surface area contributed by atoms with Crippen molar-refractivity contribution in [2.45, 2.75) is 13.0 Å². The number of rotatable bonds is 2. The highest BCUT2D eigenvalue weighted by Crippen LogP contribution is 2.31. The van der Waals surface area contributed by atoms with Crippen LogP contribution in [0.15, 0.2) is 12.1 Å². The van der Waals surface area contributed by atoms with Crippen molar-refractivity contribution in [3.8, 4) is 0 Å². The van der Waals surface area contributed by atoms with Crippen LogP contribution in [0, 0.1) is 10.1 Å². The van der Waals surface area contributed by atoms with Gasteiger partial charge < -0.3 is 10.2 Å². The third-order valence-corrected chi connectivity index (χ3v) is 3.91. The van der Waals surface area contributed by atoms with Crippen LogP contribution in [0.4, 0.5) is 5.69 Å². The highest BCUT2D eigenvalue weighted by atomic mass is 35.5. The number of nitrogens with zero attached hydrogens (tertiary/aromatic N) is 2. The van der Waals surface area contributed by atoms with Gasteiger partial charge in [0.25, 0.3) is 11.6 Å². The van der Waals surface area contributed by atoms with Crippen molar-refractivity contribution in [2.75, 3.05) is 19.6 Å². The van der Waals surface area contributed by atoms with Gasteiger partial charge in [-0.15, -0.1) is 0 Å². The minimum Gasteiger partial charge on any atom is -0.336 e. The number of benzene rings is 1. The lowest BCUT2D eigenvalue weighted by Gasteiger charge is -2.32. The van der Waals surface area contributed by atoms with Gasteiger partial charge in [0, 0.05) is 37.8 Å². The molecule has 0 aliphatic carbocycles. The van der Waals surface area contributed by atoms with Gasteiger partial charge in [-0.25, -0.2) is 0 Å². The second-order valence-corrected chi connectivity index (χ2v) is 5.44. The zero-order chi connectivity index (χ0) is 14.9. The predicted molar refractivity (Wildman–Crippen MR) is 76.5 cm³/mol. The number of amides is 1. The Balaban J connectivity index is 2.35. The first-order valence-corrected chi connectivity index (χ1v) is 6.82. The molecule has 1 aromatic rings. The number of carbonyl (C=O) groups is 1. The SMILES string of the molecule is CC1CN(C(=O)c2cc([N+](=O)[O-])cc(Cl)c2Cl)CCN1. The van der Waals surface area contributed by atoms with Gasteiger partial charge in [-0.1, -0.05) is 23.2 Å². The fourth-order valence-electron chi connectivity index (χ4n) is 2.12. The Bertz CT molecular complexity index is 565. The van der Waals surface area contributed by atoms with E-state index in [4.69, 9.17) is 23.2 Å². The molecule has 1 aromatic carbocycles. The van der Waals surface area contributed by atoms with Crippen LogP contribution in [0.2, 0.25) is 10.0 Å². The second-order valence-electron chi connectivity index (χ2n) is 4.65. The molecule has 2 rings (SSSR count). The van der Waals surface area contributed by atoms with Crippen molar-refractivity contribution in [3.05, 3.63) is 37.9 Å². The normalized spacial score (nSPS) is 18.9. The summed E-state index contributed by atoms with van der Waals surface area (Å²) < 4.78 is 0. The Morgan fingerprint density at radius 1 is 1.50 bits per heavy atom. The Labute approximate surface area is 125 Å². The van der Waals surface area contributed by atoms with E-state index >= 15 is 0 Å². The maximum atomic E-state index is 12.4. The summed E-state index contributed by atoms with van der Waals surface area (Å²) in [6, 6.07) is 2.48. The van der Waals surface area contributed by atoms with E-state index < -0.39 is 4.92 Å². The molecule has 1 aliphatic rings. The number of hydrogen-bond acceptors (Lipinski definition) is 4. The van der Waals surface area contributed by atoms with Gasteiger partial charge in [-0.2, -0.15) is 0 Å². The molecule has 108 valence electrons. The van der Waals surface area contributed by atoms with Crippen LogP contribution in [0.1, 0.15) is 17.3 Å². The molecule has 1 heterocycles. The molecule has 1 aliphatic heterocycles. The Morgan fingerprint density at radius 3 is 2.80 bits per heavy atom. The quantitative estimate of drug-likeness (QED) is 0.671. The minimum absolute atomic E-state index is 0.00685. The van der Waals surface area contributed by atoms with Gasteiger partial charge >= 0.3 is 0 Å². The Morgan fingerprint density at radius 2 is 2.20 bits per heavy atom. The molecule has 0 radical (unpaired) electrons. The molecule has 1 amide bonds. The molecule has 1 saturated heterocycles. The first kappa shape index (κ1) is 15.0. The third kappa shape index (κ3) is 3.03. The summed E-state index contributed by atoms with van der Waals surface area (Å²) in [7, 11) is 0. The number of nitrogens with one attached hydrogen (secondary N) is 1. The number of piperazine rings is 1. The molecule has 0 aromatic heterocycles. The first-order valence-electron chi connectivity index (χ1n) is 6.06. The maximum absolute atomic E-state index is 12.4. The van der Waals surface area contributed by atoms with Crippen molar-refractivity contribution >= 4 is 34.8 Å². The number of carbonyl (C=O) groups excluding carboxylic acids is 1. The average molecular weight is 318 g/mol. The number of nitro benzene ring substituents is 1. The lowest BCUT2D eigenvalue weighted by molar-refractivity contribution is -0.384. The topological polar surface area (TPSA) is 75.5 Å². The standard InChI is InChI=1S/C12H13Cl2N3O3/c1-7-6-16(3-2-15-7)12(18)9-4-8(17(19)20)5-10(13)11(9)14/h4-5,7,15H,2-3,6H2,1H3. The Kier molecular flexibility index (Phi) is 4.47. The molecular weight excluding hydrogens is 305 g/mol. The van der Waals surface area contributed by atoms with E-state index in [1.54, 1.807) is 4.90 Å². The van der Waals surface area contributed by atoms with Gasteiger partial charge in [0.2, 0.25) is 0 Å². The van der Waals surface area contributed by atoms with Crippen LogP contribution in [0.5, 0.6) is 0 Å². The molecular formula is C12H13Cl2N3O3. The molecule has 1 unspecified atom stereocenters. The molecule has 8 heteroatoms. The molecule has 0 bridgehead atoms. The van der Waals surface area contributed by atoms with E-state index in [1.165, 1.54) is 6.07 Å². The number of halogens is 2. The minimum atomic E-state index is -0.598. The van der Waals surface area contributed by atoms with Crippen LogP contribution in [-0.2, 0) is 0 Å². The largest absolute Gasteiger partial charge is 0.336 e. The number of hydrogen-bond donors (Lipinski definition) is 1. The molecule has 20 heavy (non-hydrogen) atoms. The summed E-state index contributed by atoms with van der Waals surface area (Å²) in [4.78, 5) is 24.3. The zero-order valence-electron chi connectivity index (χ0n) is 10.7. The molecule has 1 N–H and O–H groups in total. The monoisotopic (exact) mass is 317 g/mol. The smallest absolute Gasteiger partial charge is 0.271 e. The zero-order valence-corrected chi connectivity index (χ0v) is 12.2. The van der Waals surface area contributed by atoms with E-state index in [2.05, 4.69) is 5.32 Å². The summed E-state index contributed by atoms with van der Waals surface area (Å²) >= 11 is 11.9. The van der Waals surface area contributed by atoms with E-state index in [0.717, 1.165) is 6.07 Å². The summed E-state index contributed by atoms with van der Waals surface area (Å²) in [6.45, 7) is 3.68. The summed E-state index contributed by atoms with van der Waals surface area (Å²) in [6.07, 6.45) is 0. The summed E-state index contributed by atoms with van der Waals surface area (Å²) in [5.41, 5.74) is -0.175. The van der Waals surface area contributed by atoms with Crippen LogP contribution in [0.3, 0.4) is 0 Å². The fraction of sp³-hybridized carbons (Fsp3) is 0.417. The predicted octanol–water partition coefficient (Wildman–Crippen LogP) is 2.34. The van der Waals surface area contributed by atoms with Gasteiger partial charge in [0.15, 0.2) is 0 Å². The van der Waals surface area contributed by atoms with E-state index in [-0.39, 0.29) is 33.2 Å². The van der Waals surface area contributed by atoms with E-state index in [9.17, 15) is 14.9 Å². The van der Waals surface area contributed by atoms with Crippen molar-refractivity contribution in [3.63, 3.8) is 0 Å². The molecule has 0 spiro atoms. The molecule has 0 saturated carbocycles. The lowest BCUT2D eigenvalue weighted by atomic mass is 10.1. The summed E-state index contributed by atoms with van der Waals surface area (Å²) in [5.74, 6) is -0.339. The van der Waals surface area contributed by atoms with Crippen LogP contribution in [0.25, 0.3) is 0 Å². The molecule has 6 nitrogen and oxygen atoms in total. The molecule has 1 fully saturated rings. The first-order chi connectivity index (χ1) is 9.40. The number of nitro groups is 1. The third-order valence-electron chi connectivity index (χ3n) is 3.11. The van der Waals surface area contributed by atoms with E-state index in [0.29, 0.717) is 19.6 Å². The number of non-ortho nitro benzene ring substituents is 1.